The van der Waals surface area contributed by atoms with Crippen molar-refractivity contribution >= 4 is 39.1 Å². The van der Waals surface area contributed by atoms with Crippen LogP contribution in [0.25, 0.3) is 5.69 Å². The van der Waals surface area contributed by atoms with Crippen molar-refractivity contribution < 1.29 is 22.4 Å². The summed E-state index contributed by atoms with van der Waals surface area (Å²) in [4.78, 5) is 21.7. The van der Waals surface area contributed by atoms with Crippen LogP contribution in [0.1, 0.15) is 10.5 Å². The van der Waals surface area contributed by atoms with Gasteiger partial charge in [-0.25, -0.2) is 22.3 Å². The van der Waals surface area contributed by atoms with Crippen molar-refractivity contribution in [3.05, 3.63) is 65.2 Å². The average molecular weight is 438 g/mol. The number of hydrogen-bond donors (Lipinski definition) is 3. The first kappa shape index (κ1) is 20.3. The van der Waals surface area contributed by atoms with Crippen LogP contribution < -0.4 is 16.8 Å². The highest BCUT2D eigenvalue weighted by Gasteiger charge is 2.25. The molecule has 12 heteroatoms. The number of hydrogen-bond acceptors (Lipinski definition) is 5. The number of carbonyl (C=O) groups is 2. The van der Waals surface area contributed by atoms with Crippen molar-refractivity contribution in [2.75, 3.05) is 5.32 Å². The van der Waals surface area contributed by atoms with Crippen LogP contribution in [0, 0.1) is 5.82 Å². The Morgan fingerprint density at radius 1 is 1.10 bits per heavy atom. The predicted octanol–water partition coefficient (Wildman–Crippen LogP) is 2.09. The number of amides is 3. The van der Waals surface area contributed by atoms with Gasteiger partial charge in [0.15, 0.2) is 5.69 Å². The van der Waals surface area contributed by atoms with E-state index in [0.717, 1.165) is 16.8 Å². The molecule has 0 saturated carbocycles. The molecule has 0 aliphatic heterocycles. The van der Waals surface area contributed by atoms with E-state index in [1.54, 1.807) is 0 Å². The maximum atomic E-state index is 13.9. The lowest BCUT2D eigenvalue weighted by atomic mass is 10.3. The molecule has 0 aliphatic carbocycles. The zero-order valence-electron chi connectivity index (χ0n) is 14.5. The molecule has 9 nitrogen and oxygen atoms in total. The Morgan fingerprint density at radius 3 is 2.38 bits per heavy atom. The average Bonchev–Trinajstić information content (AvgIpc) is 3.05. The Labute approximate surface area is 169 Å². The topological polar surface area (TPSA) is 150 Å². The standard InChI is InChI=1S/C17H13ClFN5O4S/c18-10-7-9(24-8-12(22-17(21)26)15(23-24)16(20)25)5-6-13(10)29(27,28)14-4-2-1-3-11(14)19/h1-8H,(H2,20,25)(H3,21,22,26). The second kappa shape index (κ2) is 7.53. The van der Waals surface area contributed by atoms with Gasteiger partial charge in [0.05, 0.1) is 27.5 Å². The van der Waals surface area contributed by atoms with Gasteiger partial charge < -0.3 is 16.8 Å². The van der Waals surface area contributed by atoms with E-state index in [1.807, 2.05) is 0 Å². The predicted molar refractivity (Wildman–Crippen MR) is 102 cm³/mol. The number of primary amides is 2. The minimum absolute atomic E-state index is 0.0378. The van der Waals surface area contributed by atoms with Gasteiger partial charge in [0, 0.05) is 0 Å². The summed E-state index contributed by atoms with van der Waals surface area (Å²) in [5, 5.41) is 5.95. The summed E-state index contributed by atoms with van der Waals surface area (Å²) in [5.74, 6) is -1.83. The molecule has 0 unspecified atom stereocenters. The number of nitrogens with zero attached hydrogens (tertiary/aromatic N) is 2. The molecule has 0 aliphatic rings. The minimum Gasteiger partial charge on any atom is -0.364 e. The normalized spacial score (nSPS) is 11.2. The van der Waals surface area contributed by atoms with Crippen LogP contribution in [-0.4, -0.2) is 30.1 Å². The number of nitrogens with one attached hydrogen (secondary N) is 1. The Bertz CT molecular complexity index is 1240. The lowest BCUT2D eigenvalue weighted by molar-refractivity contribution is 0.0996. The largest absolute Gasteiger partial charge is 0.364 e. The highest BCUT2D eigenvalue weighted by molar-refractivity contribution is 7.91. The molecule has 5 N–H and O–H groups in total. The number of carbonyl (C=O) groups excluding carboxylic acids is 2. The van der Waals surface area contributed by atoms with Crippen LogP contribution in [0.3, 0.4) is 0 Å². The number of urea groups is 1. The molecule has 3 rings (SSSR count). The van der Waals surface area contributed by atoms with Crippen LogP contribution in [-0.2, 0) is 9.84 Å². The van der Waals surface area contributed by atoms with Crippen molar-refractivity contribution in [2.45, 2.75) is 9.79 Å². The maximum Gasteiger partial charge on any atom is 0.316 e. The summed E-state index contributed by atoms with van der Waals surface area (Å²) in [7, 11) is -4.22. The Morgan fingerprint density at radius 2 is 1.79 bits per heavy atom. The van der Waals surface area contributed by atoms with Gasteiger partial charge in [-0.15, -0.1) is 0 Å². The lowest BCUT2D eigenvalue weighted by Crippen LogP contribution is -2.22. The van der Waals surface area contributed by atoms with Crippen molar-refractivity contribution in [3.8, 4) is 5.69 Å². The Kier molecular flexibility index (Phi) is 5.27. The molecule has 0 atom stereocenters. The number of nitrogens with two attached hydrogens (primary N) is 2. The van der Waals surface area contributed by atoms with Crippen molar-refractivity contribution in [1.82, 2.24) is 9.78 Å². The van der Waals surface area contributed by atoms with Gasteiger partial charge in [-0.1, -0.05) is 23.7 Å². The van der Waals surface area contributed by atoms with Crippen LogP contribution in [0.15, 0.2) is 58.5 Å². The number of benzene rings is 2. The third-order valence-electron chi connectivity index (χ3n) is 3.80. The summed E-state index contributed by atoms with van der Waals surface area (Å²) in [6.07, 6.45) is 1.25. The van der Waals surface area contributed by atoms with E-state index < -0.39 is 32.5 Å². The third kappa shape index (κ3) is 3.91. The fourth-order valence-electron chi connectivity index (χ4n) is 2.54. The van der Waals surface area contributed by atoms with Crippen molar-refractivity contribution in [3.63, 3.8) is 0 Å². The van der Waals surface area contributed by atoms with E-state index in [0.29, 0.717) is 0 Å². The number of anilines is 1. The Balaban J connectivity index is 2.06. The molecule has 0 fully saturated rings. The van der Waals surface area contributed by atoms with E-state index in [2.05, 4.69) is 10.4 Å². The number of rotatable bonds is 5. The van der Waals surface area contributed by atoms with Crippen molar-refractivity contribution in [1.29, 1.82) is 0 Å². The quantitative estimate of drug-likeness (QED) is 0.558. The number of halogens is 2. The van der Waals surface area contributed by atoms with Crippen LogP contribution in [0.5, 0.6) is 0 Å². The van der Waals surface area contributed by atoms with E-state index in [1.165, 1.54) is 36.5 Å². The molecule has 3 aromatic rings. The van der Waals surface area contributed by atoms with Gasteiger partial charge in [0.1, 0.15) is 10.7 Å². The SMILES string of the molecule is NC(=O)Nc1cn(-c2ccc(S(=O)(=O)c3ccccc3F)c(Cl)c2)nc1C(N)=O. The summed E-state index contributed by atoms with van der Waals surface area (Å²) in [5.41, 5.74) is 10.2. The zero-order valence-corrected chi connectivity index (χ0v) is 16.0. The van der Waals surface area contributed by atoms with E-state index >= 15 is 0 Å². The summed E-state index contributed by atoms with van der Waals surface area (Å²) in [6.45, 7) is 0. The summed E-state index contributed by atoms with van der Waals surface area (Å²) < 4.78 is 40.5. The molecule has 1 heterocycles. The molecule has 1 aromatic heterocycles. The third-order valence-corrected chi connectivity index (χ3v) is 6.07. The summed E-state index contributed by atoms with van der Waals surface area (Å²) >= 11 is 6.14. The highest BCUT2D eigenvalue weighted by atomic mass is 35.5. The smallest absolute Gasteiger partial charge is 0.316 e. The molecule has 0 saturated heterocycles. The number of sulfone groups is 1. The molecule has 150 valence electrons. The molecular weight excluding hydrogens is 425 g/mol. The zero-order chi connectivity index (χ0) is 21.3. The highest BCUT2D eigenvalue weighted by Crippen LogP contribution is 2.31. The first-order chi connectivity index (χ1) is 13.6. The van der Waals surface area contributed by atoms with Crippen LogP contribution >= 0.6 is 11.6 Å². The fourth-order valence-corrected chi connectivity index (χ4v) is 4.41. The lowest BCUT2D eigenvalue weighted by Gasteiger charge is -2.09. The van der Waals surface area contributed by atoms with Gasteiger partial charge in [0.2, 0.25) is 9.84 Å². The first-order valence-electron chi connectivity index (χ1n) is 7.86. The van der Waals surface area contributed by atoms with Crippen LogP contribution in [0.2, 0.25) is 5.02 Å². The molecule has 0 bridgehead atoms. The Hall–Kier alpha value is -3.44. The molecule has 3 amide bonds. The summed E-state index contributed by atoms with van der Waals surface area (Å²) in [6, 6.07) is 7.74. The van der Waals surface area contributed by atoms with Gasteiger partial charge in [0.25, 0.3) is 5.91 Å². The second-order valence-electron chi connectivity index (χ2n) is 5.74. The molecule has 2 aromatic carbocycles. The molecule has 0 radical (unpaired) electrons. The molecule has 0 spiro atoms. The van der Waals surface area contributed by atoms with Gasteiger partial charge in [-0.2, -0.15) is 5.10 Å². The maximum absolute atomic E-state index is 13.9. The van der Waals surface area contributed by atoms with Gasteiger partial charge in [-0.05, 0) is 30.3 Å². The minimum atomic E-state index is -4.22. The van der Waals surface area contributed by atoms with Crippen molar-refractivity contribution in [2.24, 2.45) is 11.5 Å². The molecule has 29 heavy (non-hydrogen) atoms. The monoisotopic (exact) mass is 437 g/mol. The van der Waals surface area contributed by atoms with Gasteiger partial charge >= 0.3 is 6.03 Å². The van der Waals surface area contributed by atoms with Crippen LogP contribution in [0.4, 0.5) is 14.9 Å². The first-order valence-corrected chi connectivity index (χ1v) is 9.73. The fraction of sp³-hybridized carbons (Fsp3) is 0. The van der Waals surface area contributed by atoms with E-state index in [-0.39, 0.29) is 27.0 Å². The van der Waals surface area contributed by atoms with E-state index in [9.17, 15) is 22.4 Å². The van der Waals surface area contributed by atoms with E-state index in [4.69, 9.17) is 23.1 Å². The number of aromatic nitrogens is 2. The van der Waals surface area contributed by atoms with Gasteiger partial charge in [-0.3, -0.25) is 4.79 Å². The molecular formula is C17H13ClFN5O4S. The second-order valence-corrected chi connectivity index (χ2v) is 8.03.